The van der Waals surface area contributed by atoms with Crippen molar-refractivity contribution in [3.63, 3.8) is 0 Å². The first-order valence-corrected chi connectivity index (χ1v) is 5.88. The molecule has 0 saturated carbocycles. The van der Waals surface area contributed by atoms with E-state index < -0.39 is 29.5 Å². The Bertz CT molecular complexity index is 490. The normalized spacial score (nSPS) is 11.9. The Balaban J connectivity index is 2.98. The molecule has 1 aromatic rings. The van der Waals surface area contributed by atoms with E-state index in [2.05, 4.69) is 0 Å². The van der Waals surface area contributed by atoms with E-state index in [9.17, 15) is 19.1 Å². The molecule has 1 amide bonds. The molecule has 0 aliphatic rings. The van der Waals surface area contributed by atoms with Crippen LogP contribution in [0.5, 0.6) is 5.75 Å². The van der Waals surface area contributed by atoms with Crippen molar-refractivity contribution in [3.05, 3.63) is 29.6 Å². The van der Waals surface area contributed by atoms with Crippen LogP contribution in [0.2, 0.25) is 0 Å². The second-order valence-electron chi connectivity index (χ2n) is 4.20. The predicted molar refractivity (Wildman–Crippen MR) is 66.5 cm³/mol. The standard InChI is InChI=1S/C13H16FNO4/c1-3-15(8(2)6-12(17)18)13(19)10-5-4-9(14)7-11(10)16/h4-5,7-8,16H,3,6H2,1-2H3,(H,17,18). The van der Waals surface area contributed by atoms with E-state index in [1.807, 2.05) is 0 Å². The molecule has 0 fully saturated rings. The highest BCUT2D eigenvalue weighted by atomic mass is 19.1. The molecule has 6 heteroatoms. The molecule has 1 rings (SSSR count). The Labute approximate surface area is 110 Å². The van der Waals surface area contributed by atoms with Crippen LogP contribution in [0.4, 0.5) is 4.39 Å². The maximum Gasteiger partial charge on any atom is 0.305 e. The Morgan fingerprint density at radius 3 is 2.53 bits per heavy atom. The van der Waals surface area contributed by atoms with Crippen LogP contribution in [0, 0.1) is 5.82 Å². The summed E-state index contributed by atoms with van der Waals surface area (Å²) in [5.74, 6) is -2.63. The number of carboxylic acid groups (broad SMARTS) is 1. The molecule has 1 atom stereocenters. The minimum absolute atomic E-state index is 0.0412. The number of hydrogen-bond donors (Lipinski definition) is 2. The second-order valence-corrected chi connectivity index (χ2v) is 4.20. The summed E-state index contributed by atoms with van der Waals surface area (Å²) in [7, 11) is 0. The molecule has 104 valence electrons. The number of aliphatic carboxylic acids is 1. The summed E-state index contributed by atoms with van der Waals surface area (Å²) in [6.07, 6.45) is -0.193. The Morgan fingerprint density at radius 1 is 1.42 bits per heavy atom. The summed E-state index contributed by atoms with van der Waals surface area (Å²) in [5, 5.41) is 18.3. The molecule has 0 aromatic heterocycles. The average Bonchev–Trinajstić information content (AvgIpc) is 2.28. The average molecular weight is 269 g/mol. The number of halogens is 1. The fourth-order valence-corrected chi connectivity index (χ4v) is 1.86. The highest BCUT2D eigenvalue weighted by Crippen LogP contribution is 2.21. The van der Waals surface area contributed by atoms with Crippen molar-refractivity contribution in [2.24, 2.45) is 0 Å². The topological polar surface area (TPSA) is 77.8 Å². The van der Waals surface area contributed by atoms with Crippen LogP contribution < -0.4 is 0 Å². The van der Waals surface area contributed by atoms with Crippen LogP contribution in [0.25, 0.3) is 0 Å². The van der Waals surface area contributed by atoms with Gasteiger partial charge in [-0.25, -0.2) is 4.39 Å². The third-order valence-corrected chi connectivity index (χ3v) is 2.79. The van der Waals surface area contributed by atoms with Crippen molar-refractivity contribution in [2.45, 2.75) is 26.3 Å². The summed E-state index contributed by atoms with van der Waals surface area (Å²) in [6.45, 7) is 3.61. The van der Waals surface area contributed by atoms with Gasteiger partial charge in [0.2, 0.25) is 0 Å². The lowest BCUT2D eigenvalue weighted by Crippen LogP contribution is -2.39. The first kappa shape index (κ1) is 14.9. The zero-order valence-corrected chi connectivity index (χ0v) is 10.8. The number of rotatable bonds is 5. The molecule has 1 unspecified atom stereocenters. The van der Waals surface area contributed by atoms with E-state index >= 15 is 0 Å². The van der Waals surface area contributed by atoms with E-state index in [4.69, 9.17) is 5.11 Å². The summed E-state index contributed by atoms with van der Waals surface area (Å²) in [6, 6.07) is 2.59. The van der Waals surface area contributed by atoms with Gasteiger partial charge in [0, 0.05) is 18.7 Å². The van der Waals surface area contributed by atoms with E-state index in [1.165, 1.54) is 11.0 Å². The Morgan fingerprint density at radius 2 is 2.05 bits per heavy atom. The molecule has 0 aliphatic heterocycles. The molecule has 0 heterocycles. The van der Waals surface area contributed by atoms with Crippen LogP contribution >= 0.6 is 0 Å². The summed E-state index contributed by atoms with van der Waals surface area (Å²) >= 11 is 0. The van der Waals surface area contributed by atoms with Gasteiger partial charge in [0.15, 0.2) is 0 Å². The van der Waals surface area contributed by atoms with Crippen molar-refractivity contribution < 1.29 is 24.2 Å². The van der Waals surface area contributed by atoms with Crippen molar-refractivity contribution in [2.75, 3.05) is 6.54 Å². The lowest BCUT2D eigenvalue weighted by Gasteiger charge is -2.27. The lowest BCUT2D eigenvalue weighted by atomic mass is 10.1. The number of benzene rings is 1. The van der Waals surface area contributed by atoms with Gasteiger partial charge in [0.25, 0.3) is 5.91 Å². The largest absolute Gasteiger partial charge is 0.507 e. The number of carbonyl (C=O) groups is 2. The maximum atomic E-state index is 12.9. The maximum absolute atomic E-state index is 12.9. The second kappa shape index (κ2) is 6.17. The highest BCUT2D eigenvalue weighted by Gasteiger charge is 2.24. The quantitative estimate of drug-likeness (QED) is 0.855. The lowest BCUT2D eigenvalue weighted by molar-refractivity contribution is -0.138. The fraction of sp³-hybridized carbons (Fsp3) is 0.385. The zero-order chi connectivity index (χ0) is 14.6. The van der Waals surface area contributed by atoms with Crippen LogP contribution in [0.1, 0.15) is 30.6 Å². The van der Waals surface area contributed by atoms with Gasteiger partial charge in [-0.2, -0.15) is 0 Å². The molecule has 0 saturated heterocycles. The Hall–Kier alpha value is -2.11. The number of phenolic OH excluding ortho intramolecular Hbond substituents is 1. The van der Waals surface area contributed by atoms with Gasteiger partial charge >= 0.3 is 5.97 Å². The van der Waals surface area contributed by atoms with Crippen LogP contribution in [0.15, 0.2) is 18.2 Å². The molecular weight excluding hydrogens is 253 g/mol. The van der Waals surface area contributed by atoms with Crippen molar-refractivity contribution >= 4 is 11.9 Å². The van der Waals surface area contributed by atoms with Crippen molar-refractivity contribution in [1.29, 1.82) is 0 Å². The van der Waals surface area contributed by atoms with Gasteiger partial charge in [0.05, 0.1) is 12.0 Å². The molecule has 0 aliphatic carbocycles. The number of amides is 1. The van der Waals surface area contributed by atoms with Gasteiger partial charge in [-0.3, -0.25) is 9.59 Å². The van der Waals surface area contributed by atoms with E-state index in [0.29, 0.717) is 6.54 Å². The number of hydrogen-bond acceptors (Lipinski definition) is 3. The molecule has 2 N–H and O–H groups in total. The van der Waals surface area contributed by atoms with Crippen LogP contribution in [-0.2, 0) is 4.79 Å². The van der Waals surface area contributed by atoms with Crippen LogP contribution in [-0.4, -0.2) is 39.6 Å². The van der Waals surface area contributed by atoms with Gasteiger partial charge in [-0.05, 0) is 26.0 Å². The summed E-state index contributed by atoms with van der Waals surface area (Å²) in [4.78, 5) is 24.2. The minimum atomic E-state index is -1.01. The number of aromatic hydroxyl groups is 1. The minimum Gasteiger partial charge on any atom is -0.507 e. The van der Waals surface area contributed by atoms with E-state index in [1.54, 1.807) is 13.8 Å². The van der Waals surface area contributed by atoms with E-state index in [0.717, 1.165) is 12.1 Å². The zero-order valence-electron chi connectivity index (χ0n) is 10.8. The fourth-order valence-electron chi connectivity index (χ4n) is 1.86. The highest BCUT2D eigenvalue weighted by molar-refractivity contribution is 5.97. The molecule has 0 bridgehead atoms. The number of phenols is 1. The first-order valence-electron chi connectivity index (χ1n) is 5.88. The van der Waals surface area contributed by atoms with Gasteiger partial charge < -0.3 is 15.1 Å². The monoisotopic (exact) mass is 269 g/mol. The third-order valence-electron chi connectivity index (χ3n) is 2.79. The SMILES string of the molecule is CCN(C(=O)c1ccc(F)cc1O)C(C)CC(=O)O. The first-order chi connectivity index (χ1) is 8.86. The number of carbonyl (C=O) groups excluding carboxylic acids is 1. The van der Waals surface area contributed by atoms with Crippen molar-refractivity contribution in [1.82, 2.24) is 4.90 Å². The molecule has 0 radical (unpaired) electrons. The summed E-state index contributed by atoms with van der Waals surface area (Å²) in [5.41, 5.74) is -0.0412. The van der Waals surface area contributed by atoms with Gasteiger partial charge in [-0.15, -0.1) is 0 Å². The van der Waals surface area contributed by atoms with Gasteiger partial charge in [0.1, 0.15) is 11.6 Å². The van der Waals surface area contributed by atoms with Crippen molar-refractivity contribution in [3.8, 4) is 5.75 Å². The van der Waals surface area contributed by atoms with Crippen LogP contribution in [0.3, 0.4) is 0 Å². The predicted octanol–water partition coefficient (Wildman–Crippen LogP) is 1.86. The Kier molecular flexibility index (Phi) is 4.86. The molecule has 5 nitrogen and oxygen atoms in total. The molecule has 0 spiro atoms. The molecular formula is C13H16FNO4. The summed E-state index contributed by atoms with van der Waals surface area (Å²) < 4.78 is 12.9. The number of carboxylic acids is 1. The number of nitrogens with zero attached hydrogens (tertiary/aromatic N) is 1. The molecule has 1 aromatic carbocycles. The smallest absolute Gasteiger partial charge is 0.305 e. The van der Waals surface area contributed by atoms with Gasteiger partial charge in [-0.1, -0.05) is 0 Å². The van der Waals surface area contributed by atoms with E-state index in [-0.39, 0.29) is 12.0 Å². The molecule has 19 heavy (non-hydrogen) atoms. The third kappa shape index (κ3) is 3.67.